The van der Waals surface area contributed by atoms with Crippen molar-refractivity contribution in [2.45, 2.75) is 52.7 Å². The van der Waals surface area contributed by atoms with Gasteiger partial charge in [-0.1, -0.05) is 27.7 Å². The lowest BCUT2D eigenvalue weighted by atomic mass is 10.0. The van der Waals surface area contributed by atoms with E-state index in [1.165, 1.54) is 11.4 Å². The highest BCUT2D eigenvalue weighted by Gasteiger charge is 2.64. The van der Waals surface area contributed by atoms with Gasteiger partial charge in [0.05, 0.1) is 17.7 Å². The Kier molecular flexibility index (Phi) is 2.58. The highest BCUT2D eigenvalue weighted by molar-refractivity contribution is 5.19. The Bertz CT molecular complexity index is 432. The molecular weight excluding hydrogens is 224 g/mol. The van der Waals surface area contributed by atoms with Crippen molar-refractivity contribution in [3.05, 3.63) is 17.7 Å². The normalized spacial score (nSPS) is 29.0. The summed E-state index contributed by atoms with van der Waals surface area (Å²) in [4.78, 5) is 7.57. The zero-order valence-corrected chi connectivity index (χ0v) is 11.8. The van der Waals surface area contributed by atoms with E-state index in [1.54, 1.807) is 6.33 Å². The maximum atomic E-state index is 4.38. The van der Waals surface area contributed by atoms with Gasteiger partial charge in [-0.25, -0.2) is 4.98 Å². The van der Waals surface area contributed by atoms with E-state index >= 15 is 0 Å². The Hall–Kier alpha value is -0.870. The SMILES string of the molecule is CC1(C)C(NCC2Cc3nc[nH]c3CN2)C1(C)C. The molecule has 1 aromatic rings. The molecule has 3 N–H and O–H groups in total. The maximum absolute atomic E-state index is 4.38. The van der Waals surface area contributed by atoms with Gasteiger partial charge in [0, 0.05) is 31.6 Å². The predicted molar refractivity (Wildman–Crippen MR) is 72.3 cm³/mol. The van der Waals surface area contributed by atoms with E-state index in [0.29, 0.717) is 22.9 Å². The summed E-state index contributed by atoms with van der Waals surface area (Å²) in [6, 6.07) is 1.14. The van der Waals surface area contributed by atoms with Crippen LogP contribution in [-0.2, 0) is 13.0 Å². The van der Waals surface area contributed by atoms with Crippen LogP contribution in [0.15, 0.2) is 6.33 Å². The van der Waals surface area contributed by atoms with Gasteiger partial charge in [-0.3, -0.25) is 0 Å². The van der Waals surface area contributed by atoms with E-state index in [-0.39, 0.29) is 0 Å². The van der Waals surface area contributed by atoms with Crippen molar-refractivity contribution >= 4 is 0 Å². The van der Waals surface area contributed by atoms with Crippen molar-refractivity contribution in [3.63, 3.8) is 0 Å². The molecule has 0 amide bonds. The minimum Gasteiger partial charge on any atom is -0.347 e. The fourth-order valence-corrected chi connectivity index (χ4v) is 3.34. The molecule has 18 heavy (non-hydrogen) atoms. The zero-order chi connectivity index (χ0) is 13.0. The van der Waals surface area contributed by atoms with Gasteiger partial charge in [0.25, 0.3) is 0 Å². The molecule has 3 rings (SSSR count). The lowest BCUT2D eigenvalue weighted by molar-refractivity contribution is 0.423. The second-order valence-corrected chi connectivity index (χ2v) is 6.89. The van der Waals surface area contributed by atoms with E-state index in [0.717, 1.165) is 19.5 Å². The third-order valence-corrected chi connectivity index (χ3v) is 5.40. The molecule has 1 aliphatic heterocycles. The Balaban J connectivity index is 1.55. The van der Waals surface area contributed by atoms with Crippen LogP contribution in [0.2, 0.25) is 0 Å². The maximum Gasteiger partial charge on any atom is 0.0925 e. The van der Waals surface area contributed by atoms with Gasteiger partial charge in [-0.2, -0.15) is 0 Å². The van der Waals surface area contributed by atoms with Gasteiger partial charge in [-0.15, -0.1) is 0 Å². The molecule has 1 aliphatic carbocycles. The van der Waals surface area contributed by atoms with Crippen molar-refractivity contribution < 1.29 is 0 Å². The monoisotopic (exact) mass is 248 g/mol. The van der Waals surface area contributed by atoms with E-state index in [1.807, 2.05) is 0 Å². The van der Waals surface area contributed by atoms with Crippen LogP contribution in [0.5, 0.6) is 0 Å². The summed E-state index contributed by atoms with van der Waals surface area (Å²) in [6.45, 7) is 11.4. The summed E-state index contributed by atoms with van der Waals surface area (Å²) >= 11 is 0. The average molecular weight is 248 g/mol. The van der Waals surface area contributed by atoms with Crippen molar-refractivity contribution in [2.75, 3.05) is 6.54 Å². The molecule has 0 radical (unpaired) electrons. The summed E-state index contributed by atoms with van der Waals surface area (Å²) in [5.74, 6) is 0. The molecule has 1 fully saturated rings. The van der Waals surface area contributed by atoms with Gasteiger partial charge >= 0.3 is 0 Å². The van der Waals surface area contributed by atoms with Gasteiger partial charge < -0.3 is 15.6 Å². The topological polar surface area (TPSA) is 52.7 Å². The number of aromatic amines is 1. The van der Waals surface area contributed by atoms with Crippen LogP contribution in [0.4, 0.5) is 0 Å². The molecule has 2 heterocycles. The van der Waals surface area contributed by atoms with Gasteiger partial charge in [0.2, 0.25) is 0 Å². The first-order chi connectivity index (χ1) is 8.43. The smallest absolute Gasteiger partial charge is 0.0925 e. The summed E-state index contributed by atoms with van der Waals surface area (Å²) in [7, 11) is 0. The number of aromatic nitrogens is 2. The fraction of sp³-hybridized carbons (Fsp3) is 0.786. The average Bonchev–Trinajstić information content (AvgIpc) is 2.70. The quantitative estimate of drug-likeness (QED) is 0.759. The molecule has 1 atom stereocenters. The van der Waals surface area contributed by atoms with Crippen LogP contribution in [-0.4, -0.2) is 28.6 Å². The molecule has 1 unspecified atom stereocenters. The van der Waals surface area contributed by atoms with Crippen molar-refractivity contribution in [1.29, 1.82) is 0 Å². The molecule has 0 aromatic carbocycles. The molecule has 4 nitrogen and oxygen atoms in total. The number of H-pyrrole nitrogens is 1. The number of rotatable bonds is 3. The molecule has 0 bridgehead atoms. The first kappa shape index (κ1) is 12.2. The number of nitrogens with zero attached hydrogens (tertiary/aromatic N) is 1. The molecule has 0 spiro atoms. The third-order valence-electron chi connectivity index (χ3n) is 5.40. The van der Waals surface area contributed by atoms with Crippen LogP contribution >= 0.6 is 0 Å². The van der Waals surface area contributed by atoms with Crippen LogP contribution in [0, 0.1) is 10.8 Å². The van der Waals surface area contributed by atoms with Crippen LogP contribution in [0.3, 0.4) is 0 Å². The molecule has 0 saturated heterocycles. The van der Waals surface area contributed by atoms with E-state index < -0.39 is 0 Å². The van der Waals surface area contributed by atoms with E-state index in [4.69, 9.17) is 0 Å². The Morgan fingerprint density at radius 2 is 2.06 bits per heavy atom. The van der Waals surface area contributed by atoms with Crippen LogP contribution < -0.4 is 10.6 Å². The molecule has 1 aromatic heterocycles. The number of hydrogen-bond donors (Lipinski definition) is 3. The minimum absolute atomic E-state index is 0.416. The summed E-state index contributed by atoms with van der Waals surface area (Å²) < 4.78 is 0. The van der Waals surface area contributed by atoms with E-state index in [9.17, 15) is 0 Å². The molecule has 2 aliphatic rings. The van der Waals surface area contributed by atoms with Gasteiger partial charge in [0.1, 0.15) is 0 Å². The molecule has 4 heteroatoms. The van der Waals surface area contributed by atoms with E-state index in [2.05, 4.69) is 48.3 Å². The first-order valence-corrected chi connectivity index (χ1v) is 6.91. The fourth-order valence-electron chi connectivity index (χ4n) is 3.34. The Morgan fingerprint density at radius 1 is 1.33 bits per heavy atom. The van der Waals surface area contributed by atoms with Crippen LogP contribution in [0.1, 0.15) is 39.1 Å². The molecular formula is C14H24N4. The highest BCUT2D eigenvalue weighted by Crippen LogP contribution is 2.62. The molecule has 100 valence electrons. The summed E-state index contributed by atoms with van der Waals surface area (Å²) in [5, 5.41) is 7.29. The Morgan fingerprint density at radius 3 is 2.72 bits per heavy atom. The zero-order valence-electron chi connectivity index (χ0n) is 11.8. The number of hydrogen-bond acceptors (Lipinski definition) is 3. The van der Waals surface area contributed by atoms with Crippen molar-refractivity contribution in [1.82, 2.24) is 20.6 Å². The number of fused-ring (bicyclic) bond motifs is 1. The van der Waals surface area contributed by atoms with Crippen molar-refractivity contribution in [3.8, 4) is 0 Å². The molecule has 1 saturated carbocycles. The van der Waals surface area contributed by atoms with Gasteiger partial charge in [-0.05, 0) is 10.8 Å². The third kappa shape index (κ3) is 1.70. The standard InChI is InChI=1S/C14H24N4/c1-13(2)12(14(13,3)4)16-6-9-5-10-11(7-15-9)18-8-17-10/h8-9,12,15-16H,5-7H2,1-4H3,(H,17,18). The lowest BCUT2D eigenvalue weighted by Gasteiger charge is -2.23. The van der Waals surface area contributed by atoms with Gasteiger partial charge in [0.15, 0.2) is 0 Å². The lowest BCUT2D eigenvalue weighted by Crippen LogP contribution is -2.44. The summed E-state index contributed by atoms with van der Waals surface area (Å²) in [6.07, 6.45) is 2.83. The number of imidazole rings is 1. The second kappa shape index (κ2) is 3.81. The largest absolute Gasteiger partial charge is 0.347 e. The number of nitrogens with one attached hydrogen (secondary N) is 3. The highest BCUT2D eigenvalue weighted by atomic mass is 15.1. The first-order valence-electron chi connectivity index (χ1n) is 6.91. The second-order valence-electron chi connectivity index (χ2n) is 6.89. The van der Waals surface area contributed by atoms with Crippen LogP contribution in [0.25, 0.3) is 0 Å². The predicted octanol–water partition coefficient (Wildman–Crippen LogP) is 1.45. The summed E-state index contributed by atoms with van der Waals surface area (Å²) in [5.41, 5.74) is 3.31. The Labute approximate surface area is 109 Å². The minimum atomic E-state index is 0.416. The van der Waals surface area contributed by atoms with Crippen molar-refractivity contribution in [2.24, 2.45) is 10.8 Å².